The van der Waals surface area contributed by atoms with Crippen molar-refractivity contribution in [2.24, 2.45) is 7.05 Å². The van der Waals surface area contributed by atoms with E-state index in [0.29, 0.717) is 0 Å². The molecule has 1 N–H and O–H groups in total. The fraction of sp³-hybridized carbons (Fsp3) is 0.500. The molecule has 88 valence electrons. The first-order valence-electron chi connectivity index (χ1n) is 3.69. The first-order valence-corrected chi connectivity index (χ1v) is 5.38. The fourth-order valence-electron chi connectivity index (χ4n) is 0.689. The molecule has 7 nitrogen and oxygen atoms in total. The highest BCUT2D eigenvalue weighted by Crippen LogP contribution is 1.79. The molecule has 1 aromatic heterocycles. The van der Waals surface area contributed by atoms with Crippen LogP contribution in [-0.2, 0) is 36.5 Å². The Labute approximate surface area is 93.5 Å². The van der Waals surface area contributed by atoms with Gasteiger partial charge in [-0.2, -0.15) is 4.21 Å². The van der Waals surface area contributed by atoms with Crippen LogP contribution in [0.2, 0.25) is 0 Å². The molecule has 1 aromatic rings. The van der Waals surface area contributed by atoms with E-state index < -0.39 is 10.4 Å². The summed E-state index contributed by atoms with van der Waals surface area (Å²) in [6.45, 7) is 3.18. The van der Waals surface area contributed by atoms with Crippen molar-refractivity contribution in [3.8, 4) is 0 Å². The van der Waals surface area contributed by atoms with E-state index in [4.69, 9.17) is 21.7 Å². The van der Waals surface area contributed by atoms with Crippen LogP contribution in [0.1, 0.15) is 6.92 Å². The second-order valence-electron chi connectivity index (χ2n) is 2.34. The minimum absolute atomic E-state index is 1.06. The second-order valence-corrected chi connectivity index (χ2v) is 3.19. The van der Waals surface area contributed by atoms with Gasteiger partial charge < -0.3 is 4.55 Å². The SMILES string of the molecule is CCn1cc[n+](C)c1.O=S.O=S(=O)([O-])O. The van der Waals surface area contributed by atoms with E-state index in [1.54, 1.807) is 0 Å². The monoisotopic (exact) mass is 256 g/mol. The Hall–Kier alpha value is -0.900. The van der Waals surface area contributed by atoms with Gasteiger partial charge in [0.15, 0.2) is 12.5 Å². The maximum absolute atomic E-state index is 8.63. The van der Waals surface area contributed by atoms with E-state index in [-0.39, 0.29) is 0 Å². The summed E-state index contributed by atoms with van der Waals surface area (Å²) < 4.78 is 44.8. The lowest BCUT2D eigenvalue weighted by Crippen LogP contribution is -2.23. The van der Waals surface area contributed by atoms with Gasteiger partial charge in [-0.3, -0.25) is 4.55 Å². The Morgan fingerprint density at radius 2 is 1.93 bits per heavy atom. The molecule has 0 aromatic carbocycles. The number of nitrogens with zero attached hydrogens (tertiary/aromatic N) is 2. The first-order chi connectivity index (χ1) is 6.83. The van der Waals surface area contributed by atoms with E-state index in [2.05, 4.69) is 36.5 Å². The van der Waals surface area contributed by atoms with Gasteiger partial charge in [-0.1, -0.05) is 0 Å². The van der Waals surface area contributed by atoms with Crippen LogP contribution in [0, 0.1) is 0 Å². The molecule has 0 bridgehead atoms. The average Bonchev–Trinajstić information content (AvgIpc) is 2.52. The number of aromatic nitrogens is 2. The van der Waals surface area contributed by atoms with Crippen molar-refractivity contribution < 1.29 is 26.3 Å². The molecule has 0 aliphatic heterocycles. The van der Waals surface area contributed by atoms with Crippen molar-refractivity contribution >= 4 is 22.9 Å². The fourth-order valence-corrected chi connectivity index (χ4v) is 0.689. The maximum Gasteiger partial charge on any atom is 0.243 e. The molecule has 0 saturated heterocycles. The largest absolute Gasteiger partial charge is 0.726 e. The van der Waals surface area contributed by atoms with E-state index in [9.17, 15) is 0 Å². The van der Waals surface area contributed by atoms with Gasteiger partial charge in [-0.15, -0.1) is 0 Å². The molecule has 0 spiro atoms. The molecular weight excluding hydrogens is 244 g/mol. The Morgan fingerprint density at radius 1 is 1.53 bits per heavy atom. The van der Waals surface area contributed by atoms with Crippen LogP contribution in [-0.4, -0.2) is 26.3 Å². The topological polar surface area (TPSA) is 103 Å². The lowest BCUT2D eigenvalue weighted by atomic mass is 10.7. The normalized spacial score (nSPS) is 9.33. The van der Waals surface area contributed by atoms with Gasteiger partial charge in [0.1, 0.15) is 12.4 Å². The van der Waals surface area contributed by atoms with E-state index >= 15 is 0 Å². The summed E-state index contributed by atoms with van der Waals surface area (Å²) in [6, 6.07) is 0. The summed E-state index contributed by atoms with van der Waals surface area (Å²) in [4.78, 5) is 0. The molecule has 0 aliphatic rings. The summed E-state index contributed by atoms with van der Waals surface area (Å²) in [5, 5.41) is 0. The molecular formula is C6H12N2O5S2. The summed E-state index contributed by atoms with van der Waals surface area (Å²) in [7, 11) is -2.90. The van der Waals surface area contributed by atoms with Crippen molar-refractivity contribution in [2.75, 3.05) is 0 Å². The Bertz CT molecular complexity index is 353. The molecule has 9 heteroatoms. The summed E-state index contributed by atoms with van der Waals surface area (Å²) in [5.41, 5.74) is 0. The van der Waals surface area contributed by atoms with Crippen LogP contribution in [0.4, 0.5) is 0 Å². The second kappa shape index (κ2) is 8.41. The van der Waals surface area contributed by atoms with Gasteiger partial charge >= 0.3 is 0 Å². The molecule has 0 radical (unpaired) electrons. The van der Waals surface area contributed by atoms with Crippen LogP contribution in [0.5, 0.6) is 0 Å². The zero-order valence-corrected chi connectivity index (χ0v) is 9.86. The van der Waals surface area contributed by atoms with Crippen molar-refractivity contribution in [3.05, 3.63) is 18.7 Å². The minimum atomic E-state index is -4.92. The summed E-state index contributed by atoms with van der Waals surface area (Å²) >= 11 is 2.83. The maximum atomic E-state index is 8.63. The quantitative estimate of drug-likeness (QED) is 0.393. The van der Waals surface area contributed by atoms with Crippen LogP contribution < -0.4 is 4.57 Å². The van der Waals surface area contributed by atoms with Crippen LogP contribution >= 0.6 is 0 Å². The average molecular weight is 256 g/mol. The summed E-state index contributed by atoms with van der Waals surface area (Å²) in [5.74, 6) is 0. The number of hydrogen-bond donors (Lipinski definition) is 1. The minimum Gasteiger partial charge on any atom is -0.726 e. The highest BCUT2D eigenvalue weighted by molar-refractivity contribution is 7.79. The lowest BCUT2D eigenvalue weighted by Gasteiger charge is -1.88. The van der Waals surface area contributed by atoms with Crippen molar-refractivity contribution in [3.63, 3.8) is 0 Å². The van der Waals surface area contributed by atoms with Crippen LogP contribution in [0.25, 0.3) is 0 Å². The predicted octanol–water partition coefficient (Wildman–Crippen LogP) is -0.999. The molecule has 0 amide bonds. The lowest BCUT2D eigenvalue weighted by molar-refractivity contribution is -0.671. The van der Waals surface area contributed by atoms with Crippen molar-refractivity contribution in [1.29, 1.82) is 0 Å². The smallest absolute Gasteiger partial charge is 0.243 e. The van der Waals surface area contributed by atoms with E-state index in [0.717, 1.165) is 6.54 Å². The van der Waals surface area contributed by atoms with Crippen LogP contribution in [0.15, 0.2) is 18.7 Å². The van der Waals surface area contributed by atoms with Gasteiger partial charge in [0, 0.05) is 0 Å². The van der Waals surface area contributed by atoms with E-state index in [1.807, 2.05) is 17.8 Å². The number of aryl methyl sites for hydroxylation is 2. The molecule has 0 atom stereocenters. The third-order valence-corrected chi connectivity index (χ3v) is 1.19. The Balaban J connectivity index is 0. The van der Waals surface area contributed by atoms with Gasteiger partial charge in [0.05, 0.1) is 13.6 Å². The van der Waals surface area contributed by atoms with E-state index in [1.165, 1.54) is 0 Å². The standard InChI is InChI=1S/C6H11N2.H2O4S.OS/c1-3-8-5-4-7(2)6-8;1-5(2,3)4;1-2/h4-6H,3H2,1-2H3;(H2,1,2,3,4);/q+1;;/p-1. The highest BCUT2D eigenvalue weighted by Gasteiger charge is 1.92. The molecule has 1 heterocycles. The van der Waals surface area contributed by atoms with Gasteiger partial charge in [-0.05, 0) is 6.92 Å². The van der Waals surface area contributed by atoms with Crippen molar-refractivity contribution in [2.45, 2.75) is 13.5 Å². The third kappa shape index (κ3) is 15.8. The molecule has 0 unspecified atom stereocenters. The van der Waals surface area contributed by atoms with Crippen molar-refractivity contribution in [1.82, 2.24) is 4.57 Å². The highest BCUT2D eigenvalue weighted by atomic mass is 32.3. The molecule has 0 fully saturated rings. The Kier molecular flexibility index (Phi) is 9.27. The molecule has 0 saturated carbocycles. The molecule has 1 rings (SSSR count). The Morgan fingerprint density at radius 3 is 2.07 bits per heavy atom. The predicted molar refractivity (Wildman–Crippen MR) is 51.8 cm³/mol. The zero-order valence-electron chi connectivity index (χ0n) is 8.23. The zero-order chi connectivity index (χ0) is 12.5. The molecule has 0 aliphatic carbocycles. The van der Waals surface area contributed by atoms with Gasteiger partial charge in [-0.25, -0.2) is 17.6 Å². The number of rotatable bonds is 1. The van der Waals surface area contributed by atoms with Gasteiger partial charge in [0.25, 0.3) is 0 Å². The number of imidazole rings is 1. The van der Waals surface area contributed by atoms with Gasteiger partial charge in [0.2, 0.25) is 16.7 Å². The third-order valence-electron chi connectivity index (χ3n) is 1.19. The van der Waals surface area contributed by atoms with Crippen LogP contribution in [0.3, 0.4) is 0 Å². The summed E-state index contributed by atoms with van der Waals surface area (Å²) in [6.07, 6.45) is 6.14. The first kappa shape index (κ1) is 16.5. The molecule has 15 heavy (non-hydrogen) atoms. The number of hydrogen-bond acceptors (Lipinski definition) is 5.